The first-order chi connectivity index (χ1) is 18.4. The number of phenols is 1. The first-order valence-electron chi connectivity index (χ1n) is 12.6. The minimum Gasteiger partial charge on any atom is -0.507 e. The number of hydrogen-bond donors (Lipinski definition) is 3. The molecule has 10 heteroatoms. The summed E-state index contributed by atoms with van der Waals surface area (Å²) in [7, 11) is 1.31. The molecule has 39 heavy (non-hydrogen) atoms. The molecule has 10 nitrogen and oxygen atoms in total. The Bertz CT molecular complexity index is 1460. The molecule has 0 bridgehead atoms. The van der Waals surface area contributed by atoms with Gasteiger partial charge in [0.15, 0.2) is 34.7 Å². The van der Waals surface area contributed by atoms with Crippen LogP contribution in [0.3, 0.4) is 0 Å². The lowest BCUT2D eigenvalue weighted by Gasteiger charge is -2.48. The van der Waals surface area contributed by atoms with Gasteiger partial charge in [-0.25, -0.2) is 0 Å². The first kappa shape index (κ1) is 26.4. The van der Waals surface area contributed by atoms with Crippen molar-refractivity contribution in [2.24, 2.45) is 29.4 Å². The molecule has 6 atom stereocenters. The number of phenolic OH excluding ortho intramolecular Hbond substituents is 1. The summed E-state index contributed by atoms with van der Waals surface area (Å²) >= 11 is 0. The van der Waals surface area contributed by atoms with Crippen LogP contribution in [0.4, 0.5) is 0 Å². The number of benzene rings is 2. The van der Waals surface area contributed by atoms with Crippen molar-refractivity contribution in [3.63, 3.8) is 0 Å². The lowest BCUT2D eigenvalue weighted by Crippen LogP contribution is -2.68. The average Bonchev–Trinajstić information content (AvgIpc) is 2.90. The zero-order chi connectivity index (χ0) is 28.4. The van der Waals surface area contributed by atoms with Gasteiger partial charge in [-0.1, -0.05) is 30.3 Å². The van der Waals surface area contributed by atoms with E-state index in [2.05, 4.69) is 0 Å². The second kappa shape index (κ2) is 9.23. The van der Waals surface area contributed by atoms with Crippen molar-refractivity contribution < 1.29 is 43.7 Å². The van der Waals surface area contributed by atoms with Gasteiger partial charge in [-0.05, 0) is 54.0 Å². The number of ether oxygens (including phenoxy) is 1. The van der Waals surface area contributed by atoms with Crippen LogP contribution in [0.1, 0.15) is 47.2 Å². The standard InChI is InChI=1S/C29H27NO9/c1-12(28(37)39-2)13-3-5-14(6-4-13)17-7-8-19(31)22-18(17)10-15-9-16-11-20(32)23(27(30)36)26(35)29(16,38)25(34)21(15)24(22)33/h3-8,12,15-16,21,23,31,38H,9-11H2,1-2H3,(H2,30,36)/t12?,15-,16+,21?,23?,29+/m1/s1. The second-order valence-electron chi connectivity index (χ2n) is 10.6. The Morgan fingerprint density at radius 2 is 1.69 bits per heavy atom. The summed E-state index contributed by atoms with van der Waals surface area (Å²) in [6.45, 7) is 1.72. The number of ketones is 4. The van der Waals surface area contributed by atoms with E-state index >= 15 is 0 Å². The number of hydrogen-bond acceptors (Lipinski definition) is 9. The van der Waals surface area contributed by atoms with Gasteiger partial charge < -0.3 is 20.7 Å². The second-order valence-corrected chi connectivity index (χ2v) is 10.6. The van der Waals surface area contributed by atoms with Crippen molar-refractivity contribution in [3.8, 4) is 16.9 Å². The Kier molecular flexibility index (Phi) is 6.26. The van der Waals surface area contributed by atoms with Gasteiger partial charge in [0, 0.05) is 12.3 Å². The van der Waals surface area contributed by atoms with E-state index < -0.39 is 70.7 Å². The molecule has 2 saturated carbocycles. The predicted molar refractivity (Wildman–Crippen MR) is 134 cm³/mol. The van der Waals surface area contributed by atoms with Crippen molar-refractivity contribution in [1.82, 2.24) is 0 Å². The van der Waals surface area contributed by atoms with Crippen LogP contribution in [0.5, 0.6) is 5.75 Å². The topological polar surface area (TPSA) is 178 Å². The van der Waals surface area contributed by atoms with Crippen LogP contribution < -0.4 is 5.73 Å². The van der Waals surface area contributed by atoms with Crippen LogP contribution in [0.15, 0.2) is 36.4 Å². The van der Waals surface area contributed by atoms with E-state index in [1.165, 1.54) is 13.2 Å². The number of fused-ring (bicyclic) bond motifs is 3. The van der Waals surface area contributed by atoms with E-state index in [1.54, 1.807) is 37.3 Å². The number of rotatable bonds is 4. The summed E-state index contributed by atoms with van der Waals surface area (Å²) in [6, 6.07) is 10.1. The third kappa shape index (κ3) is 3.81. The number of primary amides is 1. The van der Waals surface area contributed by atoms with Crippen molar-refractivity contribution in [1.29, 1.82) is 0 Å². The molecule has 0 heterocycles. The van der Waals surface area contributed by atoms with Gasteiger partial charge in [-0.3, -0.25) is 28.8 Å². The average molecular weight is 534 g/mol. The minimum absolute atomic E-state index is 0.0196. The summed E-state index contributed by atoms with van der Waals surface area (Å²) in [5.41, 5.74) is 5.06. The van der Waals surface area contributed by atoms with Crippen molar-refractivity contribution in [2.75, 3.05) is 7.11 Å². The number of esters is 1. The first-order valence-corrected chi connectivity index (χ1v) is 12.6. The number of amides is 1. The minimum atomic E-state index is -2.68. The summed E-state index contributed by atoms with van der Waals surface area (Å²) < 4.78 is 4.80. The molecule has 1 amide bonds. The highest BCUT2D eigenvalue weighted by molar-refractivity contribution is 6.31. The number of methoxy groups -OCH3 is 1. The van der Waals surface area contributed by atoms with Gasteiger partial charge >= 0.3 is 5.97 Å². The zero-order valence-electron chi connectivity index (χ0n) is 21.3. The van der Waals surface area contributed by atoms with Gasteiger partial charge in [-0.15, -0.1) is 0 Å². The molecule has 0 aliphatic heterocycles. The highest BCUT2D eigenvalue weighted by Crippen LogP contribution is 2.51. The van der Waals surface area contributed by atoms with E-state index in [0.29, 0.717) is 16.7 Å². The van der Waals surface area contributed by atoms with Crippen molar-refractivity contribution in [2.45, 2.75) is 37.7 Å². The Morgan fingerprint density at radius 3 is 2.31 bits per heavy atom. The Labute approximate surface area is 223 Å². The number of aromatic hydroxyl groups is 1. The summed E-state index contributed by atoms with van der Waals surface area (Å²) in [5.74, 6) is -11.4. The fourth-order valence-corrected chi connectivity index (χ4v) is 6.50. The molecule has 0 radical (unpaired) electrons. The number of Topliss-reactive ketones (excluding diaryl/α,β-unsaturated/α-hetero) is 4. The van der Waals surface area contributed by atoms with E-state index in [4.69, 9.17) is 10.5 Å². The maximum absolute atomic E-state index is 13.7. The largest absolute Gasteiger partial charge is 0.507 e. The molecular formula is C29H27NO9. The fraction of sp³-hybridized carbons (Fsp3) is 0.379. The molecule has 202 valence electrons. The van der Waals surface area contributed by atoms with E-state index in [0.717, 1.165) is 5.56 Å². The van der Waals surface area contributed by atoms with Crippen molar-refractivity contribution >= 4 is 35.0 Å². The number of carbonyl (C=O) groups is 6. The molecule has 3 aliphatic rings. The molecule has 5 rings (SSSR count). The predicted octanol–water partition coefficient (Wildman–Crippen LogP) is 1.27. The van der Waals surface area contributed by atoms with Crippen molar-refractivity contribution in [3.05, 3.63) is 53.1 Å². The fourth-order valence-electron chi connectivity index (χ4n) is 6.50. The van der Waals surface area contributed by atoms with Gasteiger partial charge in [0.2, 0.25) is 5.91 Å². The monoisotopic (exact) mass is 533 g/mol. The molecule has 2 aromatic rings. The molecule has 0 saturated heterocycles. The number of carbonyl (C=O) groups excluding carboxylic acids is 6. The third-order valence-electron chi connectivity index (χ3n) is 8.56. The Hall–Kier alpha value is -4.18. The molecular weight excluding hydrogens is 506 g/mol. The highest BCUT2D eigenvalue weighted by Gasteiger charge is 2.66. The van der Waals surface area contributed by atoms with Crippen LogP contribution in [0.25, 0.3) is 11.1 Å². The van der Waals surface area contributed by atoms with Crippen LogP contribution in [-0.2, 0) is 35.1 Å². The van der Waals surface area contributed by atoms with E-state index in [9.17, 15) is 39.0 Å². The third-order valence-corrected chi connectivity index (χ3v) is 8.56. The van der Waals surface area contributed by atoms with Crippen LogP contribution in [0, 0.1) is 23.7 Å². The Morgan fingerprint density at radius 1 is 1.03 bits per heavy atom. The molecule has 3 unspecified atom stereocenters. The normalized spacial score (nSPS) is 28.7. The van der Waals surface area contributed by atoms with Crippen LogP contribution in [-0.4, -0.2) is 57.9 Å². The Balaban J connectivity index is 1.55. The highest BCUT2D eigenvalue weighted by atomic mass is 16.5. The molecule has 2 aromatic carbocycles. The molecule has 4 N–H and O–H groups in total. The lowest BCUT2D eigenvalue weighted by molar-refractivity contribution is -0.175. The number of nitrogens with two attached hydrogens (primary N) is 1. The molecule has 2 fully saturated rings. The van der Waals surface area contributed by atoms with E-state index in [-0.39, 0.29) is 30.1 Å². The summed E-state index contributed by atoms with van der Waals surface area (Å²) in [6.07, 6.45) is -0.194. The maximum Gasteiger partial charge on any atom is 0.312 e. The van der Waals surface area contributed by atoms with E-state index in [1.807, 2.05) is 0 Å². The quantitative estimate of drug-likeness (QED) is 0.385. The summed E-state index contributed by atoms with van der Waals surface area (Å²) in [4.78, 5) is 76.5. The molecule has 0 aromatic heterocycles. The maximum atomic E-state index is 13.7. The smallest absolute Gasteiger partial charge is 0.312 e. The zero-order valence-corrected chi connectivity index (χ0v) is 21.3. The van der Waals surface area contributed by atoms with Gasteiger partial charge in [0.1, 0.15) is 5.75 Å². The SMILES string of the molecule is COC(=O)C(C)c1ccc(-c2ccc(O)c3c2C[C@H]2C[C@H]4CC(=O)C(C(N)=O)C(=O)[C@@]4(O)C(=O)C2C3=O)cc1. The summed E-state index contributed by atoms with van der Waals surface area (Å²) in [5, 5.41) is 22.0. The molecule has 0 spiro atoms. The number of aliphatic hydroxyl groups is 1. The van der Waals surface area contributed by atoms with Gasteiger partial charge in [-0.2, -0.15) is 0 Å². The van der Waals surface area contributed by atoms with Crippen LogP contribution in [0.2, 0.25) is 0 Å². The molecule has 3 aliphatic carbocycles. The lowest BCUT2D eigenvalue weighted by atomic mass is 9.53. The van der Waals surface area contributed by atoms with Gasteiger partial charge in [0.25, 0.3) is 0 Å². The van der Waals surface area contributed by atoms with Crippen LogP contribution >= 0.6 is 0 Å². The van der Waals surface area contributed by atoms with Gasteiger partial charge in [0.05, 0.1) is 24.5 Å².